The lowest BCUT2D eigenvalue weighted by atomic mass is 9.98. The Balaban J connectivity index is 1.76. The van der Waals surface area contributed by atoms with Crippen molar-refractivity contribution in [2.24, 2.45) is 14.1 Å². The Morgan fingerprint density at radius 3 is 2.56 bits per heavy atom. The van der Waals surface area contributed by atoms with Crippen LogP contribution < -0.4 is 20.1 Å². The van der Waals surface area contributed by atoms with Crippen LogP contribution in [-0.2, 0) is 23.6 Å². The second kappa shape index (κ2) is 10.2. The highest BCUT2D eigenvalue weighted by Crippen LogP contribution is 2.44. The van der Waals surface area contributed by atoms with Gasteiger partial charge in [0.25, 0.3) is 5.56 Å². The molecule has 4 aromatic rings. The summed E-state index contributed by atoms with van der Waals surface area (Å²) in [5, 5.41) is 15.3. The number of aromatic nitrogens is 3. The van der Waals surface area contributed by atoms with Gasteiger partial charge in [0.1, 0.15) is 12.3 Å². The summed E-state index contributed by atoms with van der Waals surface area (Å²) >= 11 is 0. The fourth-order valence-corrected chi connectivity index (χ4v) is 5.19. The summed E-state index contributed by atoms with van der Waals surface area (Å²) in [6, 6.07) is 11.8. The molecule has 0 amide bonds. The predicted octanol–water partition coefficient (Wildman–Crippen LogP) is 3.65. The first kappa shape index (κ1) is 25.9. The highest BCUT2D eigenvalue weighted by molar-refractivity contribution is 5.99. The smallest absolute Gasteiger partial charge is 0.325 e. The van der Waals surface area contributed by atoms with Gasteiger partial charge in [-0.15, -0.1) is 0 Å². The number of pyridine rings is 1. The van der Waals surface area contributed by atoms with Gasteiger partial charge in [-0.3, -0.25) is 14.3 Å². The summed E-state index contributed by atoms with van der Waals surface area (Å²) in [4.78, 5) is 29.4. The Kier molecular flexibility index (Phi) is 6.74. The van der Waals surface area contributed by atoms with Crippen LogP contribution in [0.3, 0.4) is 0 Å². The predicted molar refractivity (Wildman–Crippen MR) is 150 cm³/mol. The van der Waals surface area contributed by atoms with Crippen LogP contribution in [0.1, 0.15) is 18.1 Å². The van der Waals surface area contributed by atoms with Crippen LogP contribution in [0.5, 0.6) is 5.75 Å². The number of carbonyl (C=O) groups is 1. The van der Waals surface area contributed by atoms with Crippen LogP contribution in [0, 0.1) is 18.3 Å². The van der Waals surface area contributed by atoms with Crippen LogP contribution >= 0.6 is 0 Å². The third-order valence-electron chi connectivity index (χ3n) is 7.10. The van der Waals surface area contributed by atoms with Gasteiger partial charge >= 0.3 is 5.97 Å². The summed E-state index contributed by atoms with van der Waals surface area (Å²) in [6.45, 7) is 5.04. The molecule has 200 valence electrons. The van der Waals surface area contributed by atoms with Crippen molar-refractivity contribution in [3.05, 3.63) is 64.2 Å². The molecule has 0 atom stereocenters. The number of hydrogen-bond donors (Lipinski definition) is 0. The summed E-state index contributed by atoms with van der Waals surface area (Å²) in [6.07, 6.45) is 3.58. The van der Waals surface area contributed by atoms with Crippen LogP contribution in [0.4, 0.5) is 17.1 Å². The van der Waals surface area contributed by atoms with Gasteiger partial charge in [-0.1, -0.05) is 0 Å². The Morgan fingerprint density at radius 1 is 1.10 bits per heavy atom. The fourth-order valence-electron chi connectivity index (χ4n) is 5.19. The molecule has 0 radical (unpaired) electrons. The van der Waals surface area contributed by atoms with Crippen LogP contribution in [0.15, 0.2) is 47.5 Å². The number of nitrogens with zero attached hydrogens (tertiary/aromatic N) is 6. The van der Waals surface area contributed by atoms with Crippen molar-refractivity contribution in [1.82, 2.24) is 14.3 Å². The molecule has 10 heteroatoms. The molecule has 1 aliphatic heterocycles. The largest absolute Gasteiger partial charge is 0.497 e. The van der Waals surface area contributed by atoms with E-state index in [2.05, 4.69) is 16.1 Å². The molecular weight excluding hydrogens is 496 g/mol. The SMILES string of the molecule is CCOC(=O)CN1CCN(c2cc(OC)cc3c2cc(C)c(=O)n3C)c2cc(C#N)c(-c3cnn(C)c3)cc21. The van der Waals surface area contributed by atoms with E-state index in [4.69, 9.17) is 9.47 Å². The molecule has 3 heterocycles. The number of ether oxygens (including phenoxy) is 2. The van der Waals surface area contributed by atoms with Gasteiger partial charge in [0.2, 0.25) is 0 Å². The van der Waals surface area contributed by atoms with E-state index in [-0.39, 0.29) is 18.1 Å². The van der Waals surface area contributed by atoms with E-state index >= 15 is 0 Å². The number of hydrogen-bond acceptors (Lipinski definition) is 8. The summed E-state index contributed by atoms with van der Waals surface area (Å²) in [5.41, 5.74) is 5.73. The van der Waals surface area contributed by atoms with Crippen LogP contribution in [0.25, 0.3) is 22.0 Å². The maximum absolute atomic E-state index is 12.7. The first-order chi connectivity index (χ1) is 18.7. The number of nitriles is 1. The summed E-state index contributed by atoms with van der Waals surface area (Å²) in [7, 11) is 5.17. The minimum absolute atomic E-state index is 0.0748. The molecule has 1 aliphatic rings. The zero-order chi connectivity index (χ0) is 27.8. The first-order valence-electron chi connectivity index (χ1n) is 12.7. The average Bonchev–Trinajstić information content (AvgIpc) is 3.37. The average molecular weight is 527 g/mol. The first-order valence-corrected chi connectivity index (χ1v) is 12.7. The van der Waals surface area contributed by atoms with E-state index in [1.54, 1.807) is 43.5 Å². The van der Waals surface area contributed by atoms with Gasteiger partial charge in [0, 0.05) is 67.6 Å². The molecule has 0 N–H and O–H groups in total. The lowest BCUT2D eigenvalue weighted by Crippen LogP contribution is -2.42. The molecule has 2 aromatic carbocycles. The van der Waals surface area contributed by atoms with Gasteiger partial charge in [0.05, 0.1) is 54.1 Å². The van der Waals surface area contributed by atoms with Gasteiger partial charge in [-0.2, -0.15) is 10.4 Å². The van der Waals surface area contributed by atoms with Crippen molar-refractivity contribution in [1.29, 1.82) is 5.26 Å². The lowest BCUT2D eigenvalue weighted by Gasteiger charge is -2.39. The van der Waals surface area contributed by atoms with E-state index < -0.39 is 0 Å². The van der Waals surface area contributed by atoms with Crippen molar-refractivity contribution in [3.63, 3.8) is 0 Å². The van der Waals surface area contributed by atoms with Crippen molar-refractivity contribution in [3.8, 4) is 22.9 Å². The monoisotopic (exact) mass is 526 g/mol. The van der Waals surface area contributed by atoms with E-state index in [1.165, 1.54) is 0 Å². The quantitative estimate of drug-likeness (QED) is 0.351. The molecule has 0 bridgehead atoms. The highest BCUT2D eigenvalue weighted by Gasteiger charge is 2.29. The van der Waals surface area contributed by atoms with Crippen molar-refractivity contribution in [2.75, 3.05) is 43.2 Å². The number of rotatable bonds is 6. The van der Waals surface area contributed by atoms with E-state index in [0.29, 0.717) is 36.6 Å². The third kappa shape index (κ3) is 4.56. The summed E-state index contributed by atoms with van der Waals surface area (Å²) < 4.78 is 14.2. The zero-order valence-electron chi connectivity index (χ0n) is 22.7. The molecule has 0 saturated heterocycles. The standard InChI is InChI=1S/C29H30N6O4/c1-6-39-28(36)17-34-7-8-35(25-12-21(38-5)11-24-23(25)9-18(2)29(37)33(24)4)27-10-19(14-30)22(13-26(27)34)20-15-31-32(3)16-20/h9-13,15-16H,6-8,17H2,1-5H3. The minimum atomic E-state index is -0.318. The molecule has 0 aliphatic carbocycles. The molecule has 0 fully saturated rings. The maximum atomic E-state index is 12.7. The topological polar surface area (TPSA) is 106 Å². The number of aryl methyl sites for hydroxylation is 3. The van der Waals surface area contributed by atoms with Crippen molar-refractivity contribution >= 4 is 33.9 Å². The Morgan fingerprint density at radius 2 is 1.90 bits per heavy atom. The Labute approximate surface area is 226 Å². The molecule has 0 saturated carbocycles. The maximum Gasteiger partial charge on any atom is 0.325 e. The van der Waals surface area contributed by atoms with Gasteiger partial charge in [-0.05, 0) is 32.0 Å². The fraction of sp³-hybridized carbons (Fsp3) is 0.310. The molecule has 10 nitrogen and oxygen atoms in total. The Bertz CT molecular complexity index is 1700. The number of fused-ring (bicyclic) bond motifs is 2. The Hall–Kier alpha value is -4.78. The number of anilines is 3. The summed E-state index contributed by atoms with van der Waals surface area (Å²) in [5.74, 6) is 0.293. The molecule has 39 heavy (non-hydrogen) atoms. The highest BCUT2D eigenvalue weighted by atomic mass is 16.5. The van der Waals surface area contributed by atoms with E-state index in [1.807, 2.05) is 48.5 Å². The van der Waals surface area contributed by atoms with Crippen molar-refractivity contribution < 1.29 is 14.3 Å². The molecular formula is C29H30N6O4. The third-order valence-corrected chi connectivity index (χ3v) is 7.10. The van der Waals surface area contributed by atoms with Gasteiger partial charge < -0.3 is 23.8 Å². The lowest BCUT2D eigenvalue weighted by molar-refractivity contribution is -0.141. The number of carbonyl (C=O) groups excluding carboxylic acids is 1. The zero-order valence-corrected chi connectivity index (χ0v) is 22.7. The van der Waals surface area contributed by atoms with Gasteiger partial charge in [-0.25, -0.2) is 0 Å². The minimum Gasteiger partial charge on any atom is -0.497 e. The molecule has 0 spiro atoms. The molecule has 0 unspecified atom stereocenters. The van der Waals surface area contributed by atoms with Crippen LogP contribution in [0.2, 0.25) is 0 Å². The second-order valence-electron chi connectivity index (χ2n) is 9.55. The van der Waals surface area contributed by atoms with Gasteiger partial charge in [0.15, 0.2) is 0 Å². The number of esters is 1. The number of benzene rings is 2. The van der Waals surface area contributed by atoms with E-state index in [9.17, 15) is 14.9 Å². The second-order valence-corrected chi connectivity index (χ2v) is 9.55. The molecule has 2 aromatic heterocycles. The van der Waals surface area contributed by atoms with E-state index in [0.717, 1.165) is 39.1 Å². The molecule has 5 rings (SSSR count). The normalized spacial score (nSPS) is 12.8. The van der Waals surface area contributed by atoms with Crippen LogP contribution in [-0.4, -0.2) is 53.7 Å². The van der Waals surface area contributed by atoms with Crippen molar-refractivity contribution in [2.45, 2.75) is 13.8 Å². The number of methoxy groups -OCH3 is 1.